The summed E-state index contributed by atoms with van der Waals surface area (Å²) >= 11 is 0. The fraction of sp³-hybridized carbons (Fsp3) is 0.462. The van der Waals surface area contributed by atoms with E-state index in [1.54, 1.807) is 27.7 Å². The lowest BCUT2D eigenvalue weighted by Gasteiger charge is -2.38. The third-order valence-electron chi connectivity index (χ3n) is 5.74. The molecule has 1 aliphatic heterocycles. The Labute approximate surface area is 219 Å². The molecule has 2 aromatic rings. The lowest BCUT2D eigenvalue weighted by Crippen LogP contribution is -2.54. The third-order valence-corrected chi connectivity index (χ3v) is 7.98. The largest absolute Gasteiger partial charge is 0.458 e. The minimum atomic E-state index is -4.47. The van der Waals surface area contributed by atoms with E-state index in [4.69, 9.17) is 14.2 Å². The zero-order valence-electron chi connectivity index (χ0n) is 21.4. The van der Waals surface area contributed by atoms with Gasteiger partial charge in [0.1, 0.15) is 23.1 Å². The minimum absolute atomic E-state index is 0.0121. The normalized spacial score (nSPS) is 18.6. The van der Waals surface area contributed by atoms with Crippen LogP contribution in [-0.2, 0) is 30.3 Å². The molecule has 0 spiro atoms. The van der Waals surface area contributed by atoms with Crippen molar-refractivity contribution < 1.29 is 45.4 Å². The summed E-state index contributed by atoms with van der Waals surface area (Å²) in [6.45, 7) is 6.73. The van der Waals surface area contributed by atoms with Crippen molar-refractivity contribution in [3.05, 3.63) is 54.1 Å². The van der Waals surface area contributed by atoms with E-state index in [1.807, 2.05) is 0 Å². The molecule has 38 heavy (non-hydrogen) atoms. The average molecular weight is 558 g/mol. The number of sulfone groups is 1. The summed E-state index contributed by atoms with van der Waals surface area (Å²) in [4.78, 5) is 26.5. The van der Waals surface area contributed by atoms with Crippen molar-refractivity contribution in [3.8, 4) is 11.5 Å². The van der Waals surface area contributed by atoms with Gasteiger partial charge in [0, 0.05) is 6.54 Å². The van der Waals surface area contributed by atoms with Crippen molar-refractivity contribution in [2.75, 3.05) is 13.2 Å². The quantitative estimate of drug-likeness (QED) is 0.426. The van der Waals surface area contributed by atoms with E-state index in [0.29, 0.717) is 0 Å². The summed E-state index contributed by atoms with van der Waals surface area (Å²) in [5, 5.41) is -0.965. The predicted octanol–water partition coefficient (Wildman–Crippen LogP) is 5.60. The summed E-state index contributed by atoms with van der Waals surface area (Å²) < 4.78 is 81.1. The molecule has 8 nitrogen and oxygen atoms in total. The molecule has 3 rings (SSSR count). The van der Waals surface area contributed by atoms with Crippen LogP contribution in [-0.4, -0.2) is 55.4 Å². The van der Waals surface area contributed by atoms with E-state index < -0.39 is 50.5 Å². The highest BCUT2D eigenvalue weighted by atomic mass is 32.2. The highest BCUT2D eigenvalue weighted by Gasteiger charge is 2.43. The molecule has 0 aliphatic carbocycles. The van der Waals surface area contributed by atoms with Crippen LogP contribution in [0.15, 0.2) is 53.4 Å². The van der Waals surface area contributed by atoms with Crippen molar-refractivity contribution in [2.45, 2.75) is 68.5 Å². The van der Waals surface area contributed by atoms with Crippen LogP contribution in [0.3, 0.4) is 0 Å². The number of amides is 1. The Morgan fingerprint density at radius 1 is 0.974 bits per heavy atom. The van der Waals surface area contributed by atoms with Gasteiger partial charge < -0.3 is 14.2 Å². The molecule has 1 heterocycles. The first-order valence-corrected chi connectivity index (χ1v) is 13.5. The molecular weight excluding hydrogens is 527 g/mol. The van der Waals surface area contributed by atoms with Gasteiger partial charge in [-0.05, 0) is 89.1 Å². The van der Waals surface area contributed by atoms with E-state index in [0.717, 1.165) is 12.1 Å². The van der Waals surface area contributed by atoms with Gasteiger partial charge in [0.15, 0.2) is 9.84 Å². The average Bonchev–Trinajstić information content (AvgIpc) is 2.83. The Kier molecular flexibility index (Phi) is 8.65. The van der Waals surface area contributed by atoms with E-state index >= 15 is 0 Å². The zero-order valence-corrected chi connectivity index (χ0v) is 22.3. The Bertz CT molecular complexity index is 1240. The maximum absolute atomic E-state index is 13.4. The Hall–Kier alpha value is -3.28. The highest BCUT2D eigenvalue weighted by molar-refractivity contribution is 7.92. The van der Waals surface area contributed by atoms with Gasteiger partial charge in [0.25, 0.3) is 0 Å². The van der Waals surface area contributed by atoms with Crippen LogP contribution in [0.25, 0.3) is 0 Å². The zero-order chi connectivity index (χ0) is 28.3. The number of piperidine rings is 1. The molecule has 0 radical (unpaired) electrons. The van der Waals surface area contributed by atoms with Gasteiger partial charge in [-0.3, -0.25) is 4.90 Å². The SMILES string of the molecule is CCOC(=O)N1CCC(S(=O)(=O)c2ccc(Oc3ccc(C(F)(F)F)cc3)cc2)CC1C(=O)OC(C)(C)C. The van der Waals surface area contributed by atoms with Crippen LogP contribution >= 0.6 is 0 Å². The summed E-state index contributed by atoms with van der Waals surface area (Å²) in [6, 6.07) is 8.42. The van der Waals surface area contributed by atoms with Gasteiger partial charge in [-0.1, -0.05) is 0 Å². The van der Waals surface area contributed by atoms with E-state index in [1.165, 1.54) is 41.3 Å². The summed E-state index contributed by atoms with van der Waals surface area (Å²) in [5.74, 6) is -0.335. The standard InChI is InChI=1S/C26H30F3NO7S/c1-5-35-24(32)30-15-14-21(16-22(30)23(31)37-25(2,3)4)38(33,34)20-12-10-19(11-13-20)36-18-8-6-17(7-9-18)26(27,28)29/h6-13,21-22H,5,14-16H2,1-4H3. The molecule has 0 N–H and O–H groups in total. The van der Waals surface area contributed by atoms with Crippen LogP contribution in [0.1, 0.15) is 46.1 Å². The molecule has 12 heteroatoms. The molecule has 208 valence electrons. The summed E-state index contributed by atoms with van der Waals surface area (Å²) in [6.07, 6.45) is -5.27. The van der Waals surface area contributed by atoms with Crippen molar-refractivity contribution in [1.29, 1.82) is 0 Å². The summed E-state index contributed by atoms with van der Waals surface area (Å²) in [7, 11) is -3.91. The lowest BCUT2D eigenvalue weighted by atomic mass is 10.0. The highest BCUT2D eigenvalue weighted by Crippen LogP contribution is 2.33. The molecule has 0 aromatic heterocycles. The first-order chi connectivity index (χ1) is 17.6. The first-order valence-electron chi connectivity index (χ1n) is 12.0. The second kappa shape index (κ2) is 11.2. The van der Waals surface area contributed by atoms with Crippen molar-refractivity contribution in [3.63, 3.8) is 0 Å². The Balaban J connectivity index is 1.76. The fourth-order valence-corrected chi connectivity index (χ4v) is 5.72. The molecule has 1 amide bonds. The number of benzene rings is 2. The third kappa shape index (κ3) is 7.18. The van der Waals surface area contributed by atoms with Crippen molar-refractivity contribution in [1.82, 2.24) is 4.90 Å². The molecule has 1 aliphatic rings. The van der Waals surface area contributed by atoms with Gasteiger partial charge in [-0.25, -0.2) is 18.0 Å². The number of hydrogen-bond acceptors (Lipinski definition) is 7. The number of nitrogens with zero attached hydrogens (tertiary/aromatic N) is 1. The maximum atomic E-state index is 13.4. The number of hydrogen-bond donors (Lipinski definition) is 0. The first kappa shape index (κ1) is 29.3. The number of carbonyl (C=O) groups excluding carboxylic acids is 2. The van der Waals surface area contributed by atoms with Gasteiger partial charge in [-0.2, -0.15) is 13.2 Å². The van der Waals surface area contributed by atoms with Gasteiger partial charge in [0.2, 0.25) is 0 Å². The number of esters is 1. The monoisotopic (exact) mass is 557 g/mol. The van der Waals surface area contributed by atoms with E-state index in [9.17, 15) is 31.2 Å². The van der Waals surface area contributed by atoms with Crippen LogP contribution in [0.5, 0.6) is 11.5 Å². The van der Waals surface area contributed by atoms with Crippen LogP contribution in [0.4, 0.5) is 18.0 Å². The number of rotatable bonds is 6. The molecule has 0 bridgehead atoms. The minimum Gasteiger partial charge on any atom is -0.458 e. The van der Waals surface area contributed by atoms with Crippen LogP contribution < -0.4 is 4.74 Å². The Morgan fingerprint density at radius 2 is 1.53 bits per heavy atom. The maximum Gasteiger partial charge on any atom is 0.416 e. The van der Waals surface area contributed by atoms with Crippen LogP contribution in [0, 0.1) is 0 Å². The molecule has 2 atom stereocenters. The number of halogens is 3. The van der Waals surface area contributed by atoms with Gasteiger partial charge >= 0.3 is 18.2 Å². The second-order valence-electron chi connectivity index (χ2n) is 9.73. The van der Waals surface area contributed by atoms with E-state index in [2.05, 4.69) is 0 Å². The van der Waals surface area contributed by atoms with Gasteiger partial charge in [0.05, 0.1) is 22.3 Å². The topological polar surface area (TPSA) is 99.2 Å². The van der Waals surface area contributed by atoms with Gasteiger partial charge in [-0.15, -0.1) is 0 Å². The second-order valence-corrected chi connectivity index (χ2v) is 12.0. The number of likely N-dealkylation sites (tertiary alicyclic amines) is 1. The van der Waals surface area contributed by atoms with E-state index in [-0.39, 0.29) is 42.4 Å². The molecular formula is C26H30F3NO7S. The number of ether oxygens (including phenoxy) is 3. The smallest absolute Gasteiger partial charge is 0.416 e. The number of alkyl halides is 3. The Morgan fingerprint density at radius 3 is 2.03 bits per heavy atom. The predicted molar refractivity (Wildman–Crippen MR) is 132 cm³/mol. The fourth-order valence-electron chi connectivity index (χ4n) is 3.97. The molecule has 2 aromatic carbocycles. The summed E-state index contributed by atoms with van der Waals surface area (Å²) in [5.41, 5.74) is -1.66. The van der Waals surface area contributed by atoms with Crippen molar-refractivity contribution >= 4 is 21.9 Å². The van der Waals surface area contributed by atoms with Crippen LogP contribution in [0.2, 0.25) is 0 Å². The molecule has 1 fully saturated rings. The molecule has 2 unspecified atom stereocenters. The number of carbonyl (C=O) groups is 2. The molecule has 1 saturated heterocycles. The van der Waals surface area contributed by atoms with Crippen molar-refractivity contribution in [2.24, 2.45) is 0 Å². The lowest BCUT2D eigenvalue weighted by molar-refractivity contribution is -0.162. The molecule has 0 saturated carbocycles.